The van der Waals surface area contributed by atoms with Crippen LogP contribution < -0.4 is 10.6 Å². The molecular formula is C27H31ClN5O2Si. The van der Waals surface area contributed by atoms with Crippen LogP contribution in [0.25, 0.3) is 11.1 Å². The van der Waals surface area contributed by atoms with Crippen molar-refractivity contribution in [1.82, 2.24) is 14.9 Å². The summed E-state index contributed by atoms with van der Waals surface area (Å²) >= 11 is 6.56. The van der Waals surface area contributed by atoms with E-state index in [1.165, 1.54) is 6.92 Å². The van der Waals surface area contributed by atoms with E-state index in [4.69, 9.17) is 11.6 Å². The summed E-state index contributed by atoms with van der Waals surface area (Å²) in [6.07, 6.45) is 6.19. The second-order valence-corrected chi connectivity index (χ2v) is 12.6. The van der Waals surface area contributed by atoms with E-state index >= 15 is 0 Å². The fourth-order valence-corrected chi connectivity index (χ4v) is 7.33. The zero-order valence-corrected chi connectivity index (χ0v) is 22.7. The zero-order chi connectivity index (χ0) is 25.8. The van der Waals surface area contributed by atoms with Gasteiger partial charge in [0.25, 0.3) is 0 Å². The van der Waals surface area contributed by atoms with Gasteiger partial charge in [0.1, 0.15) is 17.6 Å². The molecule has 2 N–H and O–H groups in total. The molecule has 36 heavy (non-hydrogen) atoms. The molecule has 1 aliphatic heterocycles. The third-order valence-electron chi connectivity index (χ3n) is 8.21. The summed E-state index contributed by atoms with van der Waals surface area (Å²) in [5.41, 5.74) is 3.51. The highest BCUT2D eigenvalue weighted by Crippen LogP contribution is 2.50. The summed E-state index contributed by atoms with van der Waals surface area (Å²) in [6, 6.07) is 6.03. The maximum Gasteiger partial charge on any atom is 0.228 e. The molecule has 2 aromatic heterocycles. The monoisotopic (exact) mass is 520 g/mol. The molecule has 0 bridgehead atoms. The molecular weight excluding hydrogens is 490 g/mol. The van der Waals surface area contributed by atoms with Gasteiger partial charge in [-0.05, 0) is 67.4 Å². The van der Waals surface area contributed by atoms with Crippen LogP contribution in [-0.2, 0) is 22.6 Å². The average molecular weight is 521 g/mol. The predicted octanol–water partition coefficient (Wildman–Crippen LogP) is 4.28. The molecule has 0 saturated heterocycles. The molecule has 7 nitrogen and oxygen atoms in total. The van der Waals surface area contributed by atoms with Crippen molar-refractivity contribution in [1.29, 1.82) is 5.26 Å². The number of aromatic nitrogens is 2. The highest BCUT2D eigenvalue weighted by molar-refractivity contribution is 6.33. The lowest BCUT2D eigenvalue weighted by atomic mass is 9.89. The van der Waals surface area contributed by atoms with E-state index in [0.29, 0.717) is 34.3 Å². The van der Waals surface area contributed by atoms with Crippen molar-refractivity contribution in [2.75, 3.05) is 5.32 Å². The van der Waals surface area contributed by atoms with E-state index < -0.39 is 0 Å². The third-order valence-corrected chi connectivity index (χ3v) is 9.12. The van der Waals surface area contributed by atoms with Crippen LogP contribution in [0.4, 0.5) is 5.82 Å². The van der Waals surface area contributed by atoms with Crippen molar-refractivity contribution < 1.29 is 9.59 Å². The van der Waals surface area contributed by atoms with Crippen molar-refractivity contribution in [2.24, 2.45) is 29.1 Å². The first-order valence-electron chi connectivity index (χ1n) is 12.6. The topological polar surface area (TPSA) is 99.8 Å². The number of rotatable bonds is 5. The minimum atomic E-state index is -0.0412. The summed E-state index contributed by atoms with van der Waals surface area (Å²) in [6.45, 7) is 6.72. The van der Waals surface area contributed by atoms with Crippen LogP contribution in [0.15, 0.2) is 18.3 Å². The Balaban J connectivity index is 1.28. The largest absolute Gasteiger partial charge is 0.357 e. The molecule has 2 aliphatic carbocycles. The molecule has 2 aromatic rings. The van der Waals surface area contributed by atoms with Crippen molar-refractivity contribution in [3.63, 3.8) is 0 Å². The number of hydrogen-bond donors (Lipinski definition) is 2. The van der Waals surface area contributed by atoms with Gasteiger partial charge in [0, 0.05) is 48.1 Å². The first kappa shape index (κ1) is 25.0. The Morgan fingerprint density at radius 1 is 1.22 bits per heavy atom. The Kier molecular flexibility index (Phi) is 6.50. The lowest BCUT2D eigenvalue weighted by molar-refractivity contribution is -0.120. The molecule has 5 rings (SSSR count). The Hall–Kier alpha value is -2.63. The molecule has 5 atom stereocenters. The van der Waals surface area contributed by atoms with Crippen molar-refractivity contribution in [3.8, 4) is 17.2 Å². The smallest absolute Gasteiger partial charge is 0.228 e. The normalized spacial score (nSPS) is 26.7. The van der Waals surface area contributed by atoms with Gasteiger partial charge in [-0.25, -0.2) is 4.98 Å². The van der Waals surface area contributed by atoms with Crippen LogP contribution in [0.1, 0.15) is 57.8 Å². The van der Waals surface area contributed by atoms with Gasteiger partial charge in [-0.1, -0.05) is 25.4 Å². The van der Waals surface area contributed by atoms with Gasteiger partial charge in [0.15, 0.2) is 0 Å². The van der Waals surface area contributed by atoms with Crippen molar-refractivity contribution >= 4 is 39.5 Å². The van der Waals surface area contributed by atoms with Crippen molar-refractivity contribution in [3.05, 3.63) is 34.7 Å². The number of halogens is 1. The summed E-state index contributed by atoms with van der Waals surface area (Å²) < 4.78 is 2.08. The van der Waals surface area contributed by atoms with Gasteiger partial charge < -0.3 is 15.2 Å². The highest BCUT2D eigenvalue weighted by atomic mass is 35.5. The number of hydrogen-bond acceptors (Lipinski definition) is 4. The lowest BCUT2D eigenvalue weighted by Gasteiger charge is -2.21. The second kappa shape index (κ2) is 9.35. The van der Waals surface area contributed by atoms with Crippen LogP contribution in [0.2, 0.25) is 5.02 Å². The third kappa shape index (κ3) is 4.71. The number of fused-ring (bicyclic) bond motifs is 2. The molecule has 187 valence electrons. The molecule has 2 fully saturated rings. The molecule has 0 aromatic carbocycles. The first-order chi connectivity index (χ1) is 17.0. The minimum Gasteiger partial charge on any atom is -0.357 e. The maximum absolute atomic E-state index is 13.2. The van der Waals surface area contributed by atoms with Gasteiger partial charge in [-0.15, -0.1) is 0 Å². The van der Waals surface area contributed by atoms with Gasteiger partial charge in [0.2, 0.25) is 11.8 Å². The number of amides is 2. The number of nitrogens with zero attached hydrogens (tertiary/aromatic N) is 3. The van der Waals surface area contributed by atoms with E-state index in [2.05, 4.69) is 50.3 Å². The van der Waals surface area contributed by atoms with Crippen LogP contribution in [0.3, 0.4) is 0 Å². The van der Waals surface area contributed by atoms with Gasteiger partial charge in [0.05, 0.1) is 15.3 Å². The van der Waals surface area contributed by atoms with Crippen LogP contribution in [0.5, 0.6) is 0 Å². The van der Waals surface area contributed by atoms with Crippen LogP contribution >= 0.6 is 11.6 Å². The quantitative estimate of drug-likeness (QED) is 0.575. The SMILES string of the molecule is CC(=O)NC([Si])C1C[C@H]2CC(C(=O)Nc3cc(-c4cc(C#N)n5c4CC(C)(C)C5)c(Cl)cn3)C[C@H]2C1. The summed E-state index contributed by atoms with van der Waals surface area (Å²) in [7, 11) is 3.67. The van der Waals surface area contributed by atoms with E-state index in [0.717, 1.165) is 55.5 Å². The predicted molar refractivity (Wildman–Crippen MR) is 139 cm³/mol. The van der Waals surface area contributed by atoms with Gasteiger partial charge in [-0.3, -0.25) is 9.59 Å². The summed E-state index contributed by atoms with van der Waals surface area (Å²) in [4.78, 5) is 28.9. The first-order valence-corrected chi connectivity index (χ1v) is 13.6. The summed E-state index contributed by atoms with van der Waals surface area (Å²) in [5, 5.41) is 16.1. The molecule has 0 spiro atoms. The molecule has 9 heteroatoms. The molecule has 3 heterocycles. The van der Waals surface area contributed by atoms with E-state index in [-0.39, 0.29) is 28.8 Å². The number of nitrogens with one attached hydrogen (secondary N) is 2. The van der Waals surface area contributed by atoms with Crippen LogP contribution in [-0.4, -0.2) is 37.3 Å². The van der Waals surface area contributed by atoms with Crippen LogP contribution in [0, 0.1) is 40.4 Å². The Bertz CT molecular complexity index is 1250. The zero-order valence-electron chi connectivity index (χ0n) is 20.9. The number of nitriles is 1. The Labute approximate surface area is 220 Å². The van der Waals surface area contributed by atoms with Gasteiger partial charge in [-0.2, -0.15) is 5.26 Å². The Morgan fingerprint density at radius 2 is 1.92 bits per heavy atom. The fraction of sp³-hybridized carbons (Fsp3) is 0.556. The number of pyridine rings is 1. The second-order valence-electron chi connectivity index (χ2n) is 11.6. The van der Waals surface area contributed by atoms with E-state index in [9.17, 15) is 14.9 Å². The molecule has 2 saturated carbocycles. The van der Waals surface area contributed by atoms with Gasteiger partial charge >= 0.3 is 0 Å². The van der Waals surface area contributed by atoms with E-state index in [1.807, 2.05) is 12.1 Å². The standard InChI is InChI=1S/C27H31ClN5O2Si/c1-14(34)31-26(36)18-6-15-4-17(5-16(15)7-18)25(35)32-24-9-20(22(28)12-30-24)21-8-19(11-29)33-13-27(2,3)10-23(21)33/h8-9,12,15-18,26H,4-7,10,13H2,1-3H3,(H,31,34)(H,30,32,35)/t15-,16+,17?,18?,26?. The minimum absolute atomic E-state index is 0.000496. The van der Waals surface area contributed by atoms with Crippen molar-refractivity contribution in [2.45, 2.75) is 65.1 Å². The van der Waals surface area contributed by atoms with E-state index in [1.54, 1.807) is 6.20 Å². The lowest BCUT2D eigenvalue weighted by Crippen LogP contribution is -2.39. The maximum atomic E-state index is 13.2. The molecule has 3 unspecified atom stereocenters. The molecule has 3 radical (unpaired) electrons. The average Bonchev–Trinajstić information content (AvgIpc) is 3.52. The number of carbonyl (C=O) groups excluding carboxylic acids is 2. The Morgan fingerprint density at radius 3 is 2.56 bits per heavy atom. The summed E-state index contributed by atoms with van der Waals surface area (Å²) in [5.74, 6) is 1.82. The number of anilines is 1. The fourth-order valence-electron chi connectivity index (χ4n) is 6.65. The molecule has 2 amide bonds. The highest BCUT2D eigenvalue weighted by Gasteiger charge is 2.45. The number of carbonyl (C=O) groups is 2. The molecule has 3 aliphatic rings.